The predicted octanol–water partition coefficient (Wildman–Crippen LogP) is 3.79. The highest BCUT2D eigenvalue weighted by molar-refractivity contribution is 5.86. The normalized spacial score (nSPS) is 16.8. The number of ether oxygens (including phenoxy) is 1. The molecular formula is C17H19NO. The van der Waals surface area contributed by atoms with Crippen molar-refractivity contribution in [3.63, 3.8) is 0 Å². The maximum atomic E-state index is 5.50. The molecule has 19 heavy (non-hydrogen) atoms. The zero-order valence-corrected chi connectivity index (χ0v) is 11.2. The number of hydrogen-bond donors (Lipinski definition) is 1. The van der Waals surface area contributed by atoms with Gasteiger partial charge in [-0.3, -0.25) is 0 Å². The summed E-state index contributed by atoms with van der Waals surface area (Å²) >= 11 is 0. The lowest BCUT2D eigenvalue weighted by molar-refractivity contribution is 0.220. The number of hydrogen-bond acceptors (Lipinski definition) is 2. The maximum Gasteiger partial charge on any atom is 0.0876 e. The first-order chi connectivity index (χ1) is 9.40. The third kappa shape index (κ3) is 2.36. The number of fused-ring (bicyclic) bond motifs is 1. The van der Waals surface area contributed by atoms with Crippen molar-refractivity contribution in [2.45, 2.75) is 18.9 Å². The molecule has 0 saturated heterocycles. The zero-order chi connectivity index (χ0) is 13.1. The molecule has 0 aliphatic carbocycles. The molecule has 2 heteroatoms. The van der Waals surface area contributed by atoms with Gasteiger partial charge in [0.1, 0.15) is 0 Å². The van der Waals surface area contributed by atoms with Crippen LogP contribution in [0.5, 0.6) is 0 Å². The van der Waals surface area contributed by atoms with E-state index in [1.165, 1.54) is 21.9 Å². The van der Waals surface area contributed by atoms with Crippen LogP contribution in [-0.4, -0.2) is 13.7 Å². The molecular weight excluding hydrogens is 234 g/mol. The smallest absolute Gasteiger partial charge is 0.0876 e. The maximum absolute atomic E-state index is 5.50. The van der Waals surface area contributed by atoms with Crippen LogP contribution in [0.3, 0.4) is 0 Å². The molecule has 98 valence electrons. The summed E-state index contributed by atoms with van der Waals surface area (Å²) in [6.07, 6.45) is 4.15. The van der Waals surface area contributed by atoms with Crippen LogP contribution >= 0.6 is 0 Å². The van der Waals surface area contributed by atoms with E-state index >= 15 is 0 Å². The van der Waals surface area contributed by atoms with Gasteiger partial charge in [0.25, 0.3) is 0 Å². The van der Waals surface area contributed by atoms with Gasteiger partial charge in [0.15, 0.2) is 0 Å². The molecule has 3 rings (SSSR count). The van der Waals surface area contributed by atoms with Crippen molar-refractivity contribution in [3.8, 4) is 0 Å². The standard InChI is InChI=1S/C17H19NO/c1-18-17(14-8-5-11-19-12-14)16-10-4-7-13-6-2-3-9-15(13)16/h2-4,6-7,9-10,12,17-18H,5,8,11H2,1H3. The van der Waals surface area contributed by atoms with E-state index in [2.05, 4.69) is 47.8 Å². The van der Waals surface area contributed by atoms with Crippen molar-refractivity contribution < 1.29 is 4.74 Å². The molecule has 1 N–H and O–H groups in total. The van der Waals surface area contributed by atoms with Gasteiger partial charge in [-0.1, -0.05) is 42.5 Å². The fraction of sp³-hybridized carbons (Fsp3) is 0.294. The summed E-state index contributed by atoms with van der Waals surface area (Å²) in [5.41, 5.74) is 2.67. The lowest BCUT2D eigenvalue weighted by atomic mass is 9.91. The molecule has 0 saturated carbocycles. The summed E-state index contributed by atoms with van der Waals surface area (Å²) in [6, 6.07) is 15.3. The molecule has 0 radical (unpaired) electrons. The molecule has 2 nitrogen and oxygen atoms in total. The Morgan fingerprint density at radius 3 is 2.74 bits per heavy atom. The van der Waals surface area contributed by atoms with Gasteiger partial charge in [0.2, 0.25) is 0 Å². The highest BCUT2D eigenvalue weighted by Gasteiger charge is 2.19. The van der Waals surface area contributed by atoms with E-state index in [1.54, 1.807) is 0 Å². The van der Waals surface area contributed by atoms with E-state index in [4.69, 9.17) is 4.74 Å². The lowest BCUT2D eigenvalue weighted by Gasteiger charge is -2.24. The zero-order valence-electron chi connectivity index (χ0n) is 11.2. The first-order valence-corrected chi connectivity index (χ1v) is 6.85. The molecule has 0 bridgehead atoms. The van der Waals surface area contributed by atoms with Gasteiger partial charge in [-0.15, -0.1) is 0 Å². The summed E-state index contributed by atoms with van der Waals surface area (Å²) in [4.78, 5) is 0. The summed E-state index contributed by atoms with van der Waals surface area (Å²) in [5, 5.41) is 6.04. The Bertz CT molecular complexity index is 598. The van der Waals surface area contributed by atoms with Crippen molar-refractivity contribution >= 4 is 10.8 Å². The Labute approximate surface area is 114 Å². The molecule has 0 spiro atoms. The van der Waals surface area contributed by atoms with E-state index in [1.807, 2.05) is 13.3 Å². The van der Waals surface area contributed by atoms with Crippen molar-refractivity contribution in [1.82, 2.24) is 5.32 Å². The number of rotatable bonds is 3. The Hall–Kier alpha value is -1.80. The Morgan fingerprint density at radius 1 is 1.11 bits per heavy atom. The molecule has 2 aromatic carbocycles. The van der Waals surface area contributed by atoms with Gasteiger partial charge < -0.3 is 10.1 Å². The van der Waals surface area contributed by atoms with Crippen LogP contribution in [0, 0.1) is 0 Å². The van der Waals surface area contributed by atoms with Crippen molar-refractivity contribution in [1.29, 1.82) is 0 Å². The molecule has 0 amide bonds. The second kappa shape index (κ2) is 5.45. The van der Waals surface area contributed by atoms with Gasteiger partial charge in [-0.2, -0.15) is 0 Å². The average molecular weight is 253 g/mol. The average Bonchev–Trinajstić information content (AvgIpc) is 2.49. The lowest BCUT2D eigenvalue weighted by Crippen LogP contribution is -2.21. The molecule has 0 aromatic heterocycles. The minimum Gasteiger partial charge on any atom is -0.501 e. The predicted molar refractivity (Wildman–Crippen MR) is 79.0 cm³/mol. The van der Waals surface area contributed by atoms with Crippen molar-refractivity contribution in [3.05, 3.63) is 59.9 Å². The number of nitrogens with one attached hydrogen (secondary N) is 1. The minimum absolute atomic E-state index is 0.242. The molecule has 1 atom stereocenters. The van der Waals surface area contributed by atoms with Gasteiger partial charge in [-0.05, 0) is 41.8 Å². The summed E-state index contributed by atoms with van der Waals surface area (Å²) in [7, 11) is 2.02. The minimum atomic E-state index is 0.242. The van der Waals surface area contributed by atoms with Gasteiger partial charge in [-0.25, -0.2) is 0 Å². The molecule has 1 unspecified atom stereocenters. The first kappa shape index (κ1) is 12.2. The van der Waals surface area contributed by atoms with Crippen LogP contribution in [0.15, 0.2) is 54.3 Å². The Morgan fingerprint density at radius 2 is 1.95 bits per heavy atom. The van der Waals surface area contributed by atoms with Crippen LogP contribution < -0.4 is 5.32 Å². The fourth-order valence-electron chi connectivity index (χ4n) is 2.84. The van der Waals surface area contributed by atoms with Gasteiger partial charge >= 0.3 is 0 Å². The number of likely N-dealkylation sites (N-methyl/N-ethyl adjacent to an activating group) is 1. The van der Waals surface area contributed by atoms with E-state index in [0.29, 0.717) is 0 Å². The molecule has 0 fully saturated rings. The van der Waals surface area contributed by atoms with E-state index in [9.17, 15) is 0 Å². The van der Waals surface area contributed by atoms with Crippen LogP contribution in [0.4, 0.5) is 0 Å². The highest BCUT2D eigenvalue weighted by atomic mass is 16.5. The van der Waals surface area contributed by atoms with E-state index < -0.39 is 0 Å². The van der Waals surface area contributed by atoms with Gasteiger partial charge in [0, 0.05) is 0 Å². The van der Waals surface area contributed by atoms with Crippen LogP contribution in [0.25, 0.3) is 10.8 Å². The molecule has 2 aromatic rings. The molecule has 1 aliphatic heterocycles. The third-order valence-corrected chi connectivity index (χ3v) is 3.76. The second-order valence-electron chi connectivity index (χ2n) is 4.96. The highest BCUT2D eigenvalue weighted by Crippen LogP contribution is 2.31. The molecule has 1 aliphatic rings. The van der Waals surface area contributed by atoms with Gasteiger partial charge in [0.05, 0.1) is 18.9 Å². The fourth-order valence-corrected chi connectivity index (χ4v) is 2.84. The second-order valence-corrected chi connectivity index (χ2v) is 4.96. The quantitative estimate of drug-likeness (QED) is 0.898. The summed E-state index contributed by atoms with van der Waals surface area (Å²) < 4.78 is 5.50. The first-order valence-electron chi connectivity index (χ1n) is 6.85. The SMILES string of the molecule is CNC(C1=COCCC1)c1cccc2ccccc12. The Kier molecular flexibility index (Phi) is 3.51. The van der Waals surface area contributed by atoms with Crippen LogP contribution in [0.2, 0.25) is 0 Å². The van der Waals surface area contributed by atoms with Crippen LogP contribution in [0.1, 0.15) is 24.4 Å². The van der Waals surface area contributed by atoms with E-state index in [-0.39, 0.29) is 6.04 Å². The third-order valence-electron chi connectivity index (χ3n) is 3.76. The van der Waals surface area contributed by atoms with Crippen molar-refractivity contribution in [2.75, 3.05) is 13.7 Å². The number of benzene rings is 2. The van der Waals surface area contributed by atoms with Crippen molar-refractivity contribution in [2.24, 2.45) is 0 Å². The van der Waals surface area contributed by atoms with E-state index in [0.717, 1.165) is 19.4 Å². The Balaban J connectivity index is 2.08. The van der Waals surface area contributed by atoms with Crippen LogP contribution in [-0.2, 0) is 4.74 Å². The largest absolute Gasteiger partial charge is 0.501 e. The molecule has 1 heterocycles. The summed E-state index contributed by atoms with van der Waals surface area (Å²) in [5.74, 6) is 0. The monoisotopic (exact) mass is 253 g/mol. The topological polar surface area (TPSA) is 21.3 Å². The summed E-state index contributed by atoms with van der Waals surface area (Å²) in [6.45, 7) is 0.843.